The van der Waals surface area contributed by atoms with Crippen molar-refractivity contribution in [3.63, 3.8) is 0 Å². The van der Waals surface area contributed by atoms with Gasteiger partial charge < -0.3 is 9.67 Å². The van der Waals surface area contributed by atoms with E-state index in [4.69, 9.17) is 16.7 Å². The van der Waals surface area contributed by atoms with Crippen LogP contribution in [0.2, 0.25) is 5.02 Å². The van der Waals surface area contributed by atoms with E-state index in [0.29, 0.717) is 5.56 Å². The number of hydrogen-bond donors (Lipinski definition) is 1. The number of halogens is 2. The summed E-state index contributed by atoms with van der Waals surface area (Å²) in [7, 11) is 0. The number of nitrogens with zero attached hydrogens (tertiary/aromatic N) is 1. The normalized spacial score (nSPS) is 10.5. The summed E-state index contributed by atoms with van der Waals surface area (Å²) in [5, 5.41) is 8.82. The fourth-order valence-electron chi connectivity index (χ4n) is 1.53. The van der Waals surface area contributed by atoms with E-state index >= 15 is 0 Å². The number of carboxylic acids is 1. The van der Waals surface area contributed by atoms with Gasteiger partial charge >= 0.3 is 5.97 Å². The molecule has 1 aromatic heterocycles. The molecular formula is C12H9ClFNO2. The van der Waals surface area contributed by atoms with Gasteiger partial charge in [0.25, 0.3) is 0 Å². The lowest BCUT2D eigenvalue weighted by atomic mass is 10.2. The number of carbonyl (C=O) groups is 1. The van der Waals surface area contributed by atoms with Crippen molar-refractivity contribution < 1.29 is 14.3 Å². The van der Waals surface area contributed by atoms with Gasteiger partial charge in [0.15, 0.2) is 0 Å². The Labute approximate surface area is 102 Å². The van der Waals surface area contributed by atoms with Crippen molar-refractivity contribution in [2.24, 2.45) is 0 Å². The number of rotatable bonds is 3. The van der Waals surface area contributed by atoms with Crippen molar-refractivity contribution >= 4 is 17.6 Å². The van der Waals surface area contributed by atoms with Crippen LogP contribution in [0.25, 0.3) is 0 Å². The lowest BCUT2D eigenvalue weighted by Crippen LogP contribution is -2.00. The highest BCUT2D eigenvalue weighted by Gasteiger charge is 2.08. The SMILES string of the molecule is O=C(O)c1ccn(Cc2cccc(Cl)c2F)c1. The zero-order valence-corrected chi connectivity index (χ0v) is 9.49. The van der Waals surface area contributed by atoms with E-state index in [2.05, 4.69) is 0 Å². The first kappa shape index (κ1) is 11.7. The number of benzene rings is 1. The second-order valence-corrected chi connectivity index (χ2v) is 4.00. The molecule has 0 aliphatic rings. The Bertz CT molecular complexity index is 565. The molecule has 0 saturated carbocycles. The lowest BCUT2D eigenvalue weighted by molar-refractivity contribution is 0.0697. The average molecular weight is 254 g/mol. The molecule has 0 spiro atoms. The molecule has 17 heavy (non-hydrogen) atoms. The highest BCUT2D eigenvalue weighted by molar-refractivity contribution is 6.30. The first-order valence-electron chi connectivity index (χ1n) is 4.90. The van der Waals surface area contributed by atoms with Crippen LogP contribution in [-0.4, -0.2) is 15.6 Å². The molecule has 1 aromatic carbocycles. The van der Waals surface area contributed by atoms with Gasteiger partial charge in [-0.25, -0.2) is 9.18 Å². The molecule has 0 bridgehead atoms. The van der Waals surface area contributed by atoms with Gasteiger partial charge in [0, 0.05) is 24.5 Å². The summed E-state index contributed by atoms with van der Waals surface area (Å²) in [5.41, 5.74) is 0.595. The van der Waals surface area contributed by atoms with Crippen LogP contribution in [0.15, 0.2) is 36.7 Å². The molecule has 0 atom stereocenters. The summed E-state index contributed by atoms with van der Waals surface area (Å²) < 4.78 is 15.2. The van der Waals surface area contributed by atoms with E-state index in [1.54, 1.807) is 22.9 Å². The first-order chi connectivity index (χ1) is 8.08. The standard InChI is InChI=1S/C12H9ClFNO2/c13-10-3-1-2-8(11(10)14)6-15-5-4-9(7-15)12(16)17/h1-5,7H,6H2,(H,16,17). The van der Waals surface area contributed by atoms with E-state index in [0.717, 1.165) is 0 Å². The molecule has 2 aromatic rings. The Morgan fingerprint density at radius 2 is 2.18 bits per heavy atom. The van der Waals surface area contributed by atoms with Gasteiger partial charge in [0.1, 0.15) is 5.82 Å². The van der Waals surface area contributed by atoms with E-state index in [1.165, 1.54) is 18.3 Å². The van der Waals surface area contributed by atoms with Gasteiger partial charge in [-0.05, 0) is 12.1 Å². The summed E-state index contributed by atoms with van der Waals surface area (Å²) in [6.07, 6.45) is 3.03. The minimum atomic E-state index is -1.00. The molecule has 3 nitrogen and oxygen atoms in total. The highest BCUT2D eigenvalue weighted by atomic mass is 35.5. The van der Waals surface area contributed by atoms with Crippen LogP contribution in [0, 0.1) is 5.82 Å². The molecule has 0 saturated heterocycles. The Morgan fingerprint density at radius 3 is 2.82 bits per heavy atom. The summed E-state index contributed by atoms with van der Waals surface area (Å²) in [4.78, 5) is 10.7. The number of hydrogen-bond acceptors (Lipinski definition) is 1. The Hall–Kier alpha value is -1.81. The molecule has 5 heteroatoms. The molecule has 0 amide bonds. The maximum atomic E-state index is 13.6. The predicted molar refractivity (Wildman–Crippen MR) is 61.9 cm³/mol. The van der Waals surface area contributed by atoms with Gasteiger partial charge in [-0.2, -0.15) is 0 Å². The highest BCUT2D eigenvalue weighted by Crippen LogP contribution is 2.19. The summed E-state index contributed by atoms with van der Waals surface area (Å²) in [6, 6.07) is 6.20. The first-order valence-corrected chi connectivity index (χ1v) is 5.27. The third-order valence-corrected chi connectivity index (χ3v) is 2.67. The molecule has 0 radical (unpaired) electrons. The number of aromatic carboxylic acids is 1. The largest absolute Gasteiger partial charge is 0.478 e. The molecule has 0 unspecified atom stereocenters. The maximum absolute atomic E-state index is 13.6. The zero-order chi connectivity index (χ0) is 12.4. The third-order valence-electron chi connectivity index (χ3n) is 2.38. The second-order valence-electron chi connectivity index (χ2n) is 3.59. The van der Waals surface area contributed by atoms with Crippen LogP contribution in [0.1, 0.15) is 15.9 Å². The van der Waals surface area contributed by atoms with Crippen LogP contribution in [0.5, 0.6) is 0 Å². The summed E-state index contributed by atoms with van der Waals surface area (Å²) in [5.74, 6) is -1.48. The maximum Gasteiger partial charge on any atom is 0.337 e. The topological polar surface area (TPSA) is 42.2 Å². The van der Waals surface area contributed by atoms with E-state index in [-0.39, 0.29) is 17.1 Å². The van der Waals surface area contributed by atoms with Crippen LogP contribution in [0.4, 0.5) is 4.39 Å². The molecular weight excluding hydrogens is 245 g/mol. The third kappa shape index (κ3) is 2.47. The van der Waals surface area contributed by atoms with Gasteiger partial charge in [0.2, 0.25) is 0 Å². The molecule has 2 rings (SSSR count). The molecule has 1 heterocycles. The fraction of sp³-hybridized carbons (Fsp3) is 0.0833. The second kappa shape index (κ2) is 4.59. The Balaban J connectivity index is 2.25. The van der Waals surface area contributed by atoms with Crippen molar-refractivity contribution in [2.75, 3.05) is 0 Å². The van der Waals surface area contributed by atoms with Crippen molar-refractivity contribution in [1.29, 1.82) is 0 Å². The Morgan fingerprint density at radius 1 is 1.41 bits per heavy atom. The molecule has 88 valence electrons. The molecule has 0 aliphatic carbocycles. The smallest absolute Gasteiger partial charge is 0.337 e. The molecule has 0 aliphatic heterocycles. The quantitative estimate of drug-likeness (QED) is 0.914. The van der Waals surface area contributed by atoms with Crippen LogP contribution < -0.4 is 0 Å². The van der Waals surface area contributed by atoms with E-state index in [9.17, 15) is 9.18 Å². The van der Waals surface area contributed by atoms with Crippen LogP contribution in [-0.2, 0) is 6.54 Å². The lowest BCUT2D eigenvalue weighted by Gasteiger charge is -2.05. The van der Waals surface area contributed by atoms with Crippen LogP contribution >= 0.6 is 11.6 Å². The van der Waals surface area contributed by atoms with Crippen molar-refractivity contribution in [3.05, 3.63) is 58.6 Å². The van der Waals surface area contributed by atoms with Gasteiger partial charge in [-0.1, -0.05) is 23.7 Å². The van der Waals surface area contributed by atoms with Gasteiger partial charge in [-0.3, -0.25) is 0 Å². The van der Waals surface area contributed by atoms with E-state index < -0.39 is 11.8 Å². The Kier molecular flexibility index (Phi) is 3.15. The fourth-order valence-corrected chi connectivity index (χ4v) is 1.73. The summed E-state index contributed by atoms with van der Waals surface area (Å²) in [6.45, 7) is 0.250. The summed E-state index contributed by atoms with van der Waals surface area (Å²) >= 11 is 5.66. The predicted octanol–water partition coefficient (Wildman–Crippen LogP) is 3.03. The monoisotopic (exact) mass is 253 g/mol. The zero-order valence-electron chi connectivity index (χ0n) is 8.73. The number of aromatic nitrogens is 1. The van der Waals surface area contributed by atoms with Crippen molar-refractivity contribution in [1.82, 2.24) is 4.57 Å². The van der Waals surface area contributed by atoms with E-state index in [1.807, 2.05) is 0 Å². The molecule has 0 fully saturated rings. The van der Waals surface area contributed by atoms with Gasteiger partial charge in [0.05, 0.1) is 10.6 Å². The van der Waals surface area contributed by atoms with Crippen LogP contribution in [0.3, 0.4) is 0 Å². The minimum Gasteiger partial charge on any atom is -0.478 e. The van der Waals surface area contributed by atoms with Crippen molar-refractivity contribution in [3.8, 4) is 0 Å². The number of carboxylic acid groups (broad SMARTS) is 1. The van der Waals surface area contributed by atoms with Crippen molar-refractivity contribution in [2.45, 2.75) is 6.54 Å². The minimum absolute atomic E-state index is 0.0631. The average Bonchev–Trinajstić information content (AvgIpc) is 2.73. The van der Waals surface area contributed by atoms with Gasteiger partial charge in [-0.15, -0.1) is 0 Å². The molecule has 1 N–H and O–H groups in total.